The number of nitrogens with one attached hydrogen (secondary N) is 1. The van der Waals surface area contributed by atoms with Crippen molar-refractivity contribution < 1.29 is 4.74 Å². The summed E-state index contributed by atoms with van der Waals surface area (Å²) in [4.78, 5) is 0. The fourth-order valence-electron chi connectivity index (χ4n) is 4.95. The third kappa shape index (κ3) is 2.59. The van der Waals surface area contributed by atoms with Crippen molar-refractivity contribution in [3.05, 3.63) is 29.3 Å². The van der Waals surface area contributed by atoms with E-state index in [-0.39, 0.29) is 0 Å². The number of benzene rings is 1. The number of hydrogen-bond acceptors (Lipinski definition) is 2. The highest BCUT2D eigenvalue weighted by Crippen LogP contribution is 2.48. The van der Waals surface area contributed by atoms with Crippen LogP contribution in [0.2, 0.25) is 0 Å². The fourth-order valence-corrected chi connectivity index (χ4v) is 4.95. The van der Waals surface area contributed by atoms with Crippen LogP contribution in [0.5, 0.6) is 5.75 Å². The molecule has 3 aliphatic rings. The van der Waals surface area contributed by atoms with Crippen molar-refractivity contribution in [3.63, 3.8) is 0 Å². The maximum atomic E-state index is 6.17. The highest BCUT2D eigenvalue weighted by atomic mass is 16.5. The summed E-state index contributed by atoms with van der Waals surface area (Å²) in [5, 5.41) is 3.45. The number of rotatable bonds is 4. The topological polar surface area (TPSA) is 21.3 Å². The monoisotopic (exact) mass is 285 g/mol. The van der Waals surface area contributed by atoms with E-state index in [0.717, 1.165) is 30.1 Å². The van der Waals surface area contributed by atoms with Crippen LogP contribution in [-0.2, 0) is 6.42 Å². The van der Waals surface area contributed by atoms with Crippen LogP contribution in [0.25, 0.3) is 0 Å². The first kappa shape index (κ1) is 13.6. The van der Waals surface area contributed by atoms with E-state index in [0.29, 0.717) is 6.04 Å². The lowest BCUT2D eigenvalue weighted by atomic mass is 9.87. The lowest BCUT2D eigenvalue weighted by molar-refractivity contribution is 0.195. The summed E-state index contributed by atoms with van der Waals surface area (Å²) in [6.45, 7) is 0.935. The Morgan fingerprint density at radius 1 is 1.19 bits per heavy atom. The van der Waals surface area contributed by atoms with Crippen molar-refractivity contribution in [2.45, 2.75) is 51.0 Å². The zero-order valence-corrected chi connectivity index (χ0v) is 13.1. The van der Waals surface area contributed by atoms with E-state index >= 15 is 0 Å². The van der Waals surface area contributed by atoms with E-state index < -0.39 is 0 Å². The van der Waals surface area contributed by atoms with E-state index in [2.05, 4.69) is 30.6 Å². The summed E-state index contributed by atoms with van der Waals surface area (Å²) < 4.78 is 6.17. The molecule has 3 aliphatic carbocycles. The predicted molar refractivity (Wildman–Crippen MR) is 85.6 cm³/mol. The summed E-state index contributed by atoms with van der Waals surface area (Å²) in [7, 11) is 2.07. The Morgan fingerprint density at radius 3 is 2.90 bits per heavy atom. The Balaban J connectivity index is 1.43. The van der Waals surface area contributed by atoms with Crippen molar-refractivity contribution in [1.82, 2.24) is 5.32 Å². The van der Waals surface area contributed by atoms with Crippen molar-refractivity contribution >= 4 is 0 Å². The van der Waals surface area contributed by atoms with Crippen LogP contribution < -0.4 is 10.1 Å². The normalized spacial score (nSPS) is 34.0. The molecule has 4 unspecified atom stereocenters. The lowest BCUT2D eigenvalue weighted by Gasteiger charge is -2.26. The smallest absolute Gasteiger partial charge is 0.119 e. The number of ether oxygens (including phenoxy) is 1. The minimum atomic E-state index is 0.514. The van der Waals surface area contributed by atoms with Crippen LogP contribution in [-0.4, -0.2) is 13.7 Å². The van der Waals surface area contributed by atoms with Crippen LogP contribution in [0.1, 0.15) is 55.7 Å². The highest BCUT2D eigenvalue weighted by molar-refractivity contribution is 5.39. The molecule has 1 aromatic rings. The van der Waals surface area contributed by atoms with Gasteiger partial charge in [0.1, 0.15) is 5.75 Å². The average molecular weight is 285 g/mol. The minimum absolute atomic E-state index is 0.514. The second kappa shape index (κ2) is 5.64. The molecule has 2 saturated carbocycles. The van der Waals surface area contributed by atoms with Gasteiger partial charge < -0.3 is 10.1 Å². The largest absolute Gasteiger partial charge is 0.493 e. The Hall–Kier alpha value is -1.02. The number of fused-ring (bicyclic) bond motifs is 3. The molecule has 1 N–H and O–H groups in total. The Kier molecular flexibility index (Phi) is 3.66. The SMILES string of the molecule is CNC1CCCc2ccc(OCC3CC4CCC3C4)cc21. The Morgan fingerprint density at radius 2 is 2.14 bits per heavy atom. The van der Waals surface area contributed by atoms with Gasteiger partial charge in [-0.1, -0.05) is 12.5 Å². The molecule has 0 radical (unpaired) electrons. The summed E-state index contributed by atoms with van der Waals surface area (Å²) >= 11 is 0. The molecule has 0 saturated heterocycles. The van der Waals surface area contributed by atoms with Crippen molar-refractivity contribution in [2.75, 3.05) is 13.7 Å². The molecule has 1 aromatic carbocycles. The number of aryl methyl sites for hydroxylation is 1. The summed E-state index contributed by atoms with van der Waals surface area (Å²) in [6.07, 6.45) is 9.58. The van der Waals surface area contributed by atoms with Gasteiger partial charge in [0.2, 0.25) is 0 Å². The molecule has 0 aliphatic heterocycles. The van der Waals surface area contributed by atoms with Crippen molar-refractivity contribution in [1.29, 1.82) is 0 Å². The molecule has 2 nitrogen and oxygen atoms in total. The van der Waals surface area contributed by atoms with Crippen LogP contribution in [0.3, 0.4) is 0 Å². The fraction of sp³-hybridized carbons (Fsp3) is 0.684. The average Bonchev–Trinajstić information content (AvgIpc) is 3.15. The van der Waals surface area contributed by atoms with Gasteiger partial charge in [0.05, 0.1) is 6.61 Å². The molecule has 4 atom stereocenters. The van der Waals surface area contributed by atoms with E-state index in [1.807, 2.05) is 0 Å². The Labute approximate surface area is 128 Å². The van der Waals surface area contributed by atoms with Gasteiger partial charge in [-0.15, -0.1) is 0 Å². The van der Waals surface area contributed by atoms with Gasteiger partial charge in [0, 0.05) is 6.04 Å². The van der Waals surface area contributed by atoms with Gasteiger partial charge in [0.15, 0.2) is 0 Å². The van der Waals surface area contributed by atoms with Gasteiger partial charge in [0.25, 0.3) is 0 Å². The first-order valence-corrected chi connectivity index (χ1v) is 8.76. The van der Waals surface area contributed by atoms with Gasteiger partial charge in [-0.2, -0.15) is 0 Å². The van der Waals surface area contributed by atoms with E-state index in [9.17, 15) is 0 Å². The molecular weight excluding hydrogens is 258 g/mol. The molecule has 21 heavy (non-hydrogen) atoms. The first-order chi connectivity index (χ1) is 10.3. The van der Waals surface area contributed by atoms with Gasteiger partial charge in [-0.05, 0) is 86.6 Å². The molecule has 2 heteroatoms. The molecule has 2 fully saturated rings. The molecule has 114 valence electrons. The number of hydrogen-bond donors (Lipinski definition) is 1. The van der Waals surface area contributed by atoms with E-state index in [1.165, 1.54) is 56.1 Å². The summed E-state index contributed by atoms with van der Waals surface area (Å²) in [6, 6.07) is 7.28. The van der Waals surface area contributed by atoms with Crippen LogP contribution in [0, 0.1) is 17.8 Å². The van der Waals surface area contributed by atoms with E-state index in [4.69, 9.17) is 4.74 Å². The predicted octanol–water partition coefficient (Wildman–Crippen LogP) is 4.10. The molecule has 2 bridgehead atoms. The van der Waals surface area contributed by atoms with Gasteiger partial charge >= 0.3 is 0 Å². The molecule has 0 spiro atoms. The highest BCUT2D eigenvalue weighted by Gasteiger charge is 2.39. The lowest BCUT2D eigenvalue weighted by Crippen LogP contribution is -2.22. The van der Waals surface area contributed by atoms with Crippen LogP contribution in [0.4, 0.5) is 0 Å². The third-order valence-electron chi connectivity index (χ3n) is 6.13. The van der Waals surface area contributed by atoms with Gasteiger partial charge in [-0.3, -0.25) is 0 Å². The summed E-state index contributed by atoms with van der Waals surface area (Å²) in [5.41, 5.74) is 2.97. The zero-order valence-electron chi connectivity index (χ0n) is 13.1. The van der Waals surface area contributed by atoms with Crippen LogP contribution >= 0.6 is 0 Å². The maximum Gasteiger partial charge on any atom is 0.119 e. The molecule has 0 amide bonds. The second-order valence-corrected chi connectivity index (χ2v) is 7.34. The van der Waals surface area contributed by atoms with E-state index in [1.54, 1.807) is 0 Å². The Bertz CT molecular complexity index is 512. The van der Waals surface area contributed by atoms with Crippen molar-refractivity contribution in [2.24, 2.45) is 17.8 Å². The minimum Gasteiger partial charge on any atom is -0.493 e. The molecular formula is C19H27NO. The summed E-state index contributed by atoms with van der Waals surface area (Å²) in [5.74, 6) is 3.87. The maximum absolute atomic E-state index is 6.17. The second-order valence-electron chi connectivity index (χ2n) is 7.34. The van der Waals surface area contributed by atoms with Crippen molar-refractivity contribution in [3.8, 4) is 5.75 Å². The molecule has 0 heterocycles. The quantitative estimate of drug-likeness (QED) is 0.899. The molecule has 0 aromatic heterocycles. The van der Waals surface area contributed by atoms with Crippen LogP contribution in [0.15, 0.2) is 18.2 Å². The zero-order chi connectivity index (χ0) is 14.2. The molecule has 4 rings (SSSR count). The third-order valence-corrected chi connectivity index (χ3v) is 6.13. The first-order valence-electron chi connectivity index (χ1n) is 8.76. The van der Waals surface area contributed by atoms with Gasteiger partial charge in [-0.25, -0.2) is 0 Å². The standard InChI is InChI=1S/C19H27NO/c1-20-19-4-2-3-14-7-8-17(11-18(14)19)21-12-16-10-13-5-6-15(16)9-13/h7-8,11,13,15-16,19-20H,2-6,9-10,12H2,1H3.